The smallest absolute Gasteiger partial charge is 0.294 e. The molecule has 0 saturated heterocycles. The fourth-order valence-electron chi connectivity index (χ4n) is 1.76. The van der Waals surface area contributed by atoms with Crippen LogP contribution in [-0.4, -0.2) is 55.7 Å². The second-order valence-corrected chi connectivity index (χ2v) is 8.57. The van der Waals surface area contributed by atoms with Gasteiger partial charge in [-0.3, -0.25) is 4.55 Å². The fraction of sp³-hybridized carbons (Fsp3) is 0.250. The highest BCUT2D eigenvalue weighted by Crippen LogP contribution is 2.19. The van der Waals surface area contributed by atoms with Crippen LogP contribution in [0.1, 0.15) is 0 Å². The molecule has 2 rings (SSSR count). The molecule has 142 valence electrons. The average molecular weight is 423 g/mol. The van der Waals surface area contributed by atoms with Gasteiger partial charge in [0.15, 0.2) is 0 Å². The topological polar surface area (TPSA) is 163 Å². The Kier molecular flexibility index (Phi) is 6.30. The second-order valence-electron chi connectivity index (χ2n) is 4.97. The lowest BCUT2D eigenvalue weighted by Crippen LogP contribution is -2.28. The molecule has 0 spiro atoms. The molecule has 0 atom stereocenters. The van der Waals surface area contributed by atoms with Gasteiger partial charge in [0.1, 0.15) is 0 Å². The van der Waals surface area contributed by atoms with Crippen LogP contribution in [0.15, 0.2) is 29.2 Å². The first kappa shape index (κ1) is 20.3. The summed E-state index contributed by atoms with van der Waals surface area (Å²) >= 11 is 5.82. The maximum atomic E-state index is 11.2. The van der Waals surface area contributed by atoms with Crippen LogP contribution in [0, 0.1) is 0 Å². The molecule has 14 heteroatoms. The number of nitrogens with one attached hydrogen (secondary N) is 3. The summed E-state index contributed by atoms with van der Waals surface area (Å²) in [4.78, 5) is 11.4. The van der Waals surface area contributed by atoms with E-state index in [0.29, 0.717) is 5.69 Å². The van der Waals surface area contributed by atoms with Gasteiger partial charge in [-0.05, 0) is 29.8 Å². The van der Waals surface area contributed by atoms with Crippen LogP contribution in [0.3, 0.4) is 0 Å². The van der Waals surface area contributed by atoms with Crippen LogP contribution in [0.2, 0.25) is 5.28 Å². The van der Waals surface area contributed by atoms with Gasteiger partial charge < -0.3 is 10.6 Å². The van der Waals surface area contributed by atoms with Crippen molar-refractivity contribution in [3.63, 3.8) is 0 Å². The van der Waals surface area contributed by atoms with Crippen molar-refractivity contribution in [1.29, 1.82) is 0 Å². The zero-order valence-electron chi connectivity index (χ0n) is 13.3. The summed E-state index contributed by atoms with van der Waals surface area (Å²) in [6.45, 7) is 0.312. The molecule has 0 radical (unpaired) electrons. The Morgan fingerprint density at radius 2 is 1.77 bits per heavy atom. The third kappa shape index (κ3) is 6.68. The molecule has 1 heterocycles. The highest BCUT2D eigenvalue weighted by molar-refractivity contribution is 7.88. The Balaban J connectivity index is 2.10. The minimum absolute atomic E-state index is 0.0241. The zero-order valence-corrected chi connectivity index (χ0v) is 15.7. The molecule has 0 aliphatic rings. The van der Waals surface area contributed by atoms with Crippen LogP contribution < -0.4 is 15.4 Å². The predicted octanol–water partition coefficient (Wildman–Crippen LogP) is 0.476. The van der Waals surface area contributed by atoms with E-state index < -0.39 is 20.1 Å². The summed E-state index contributed by atoms with van der Waals surface area (Å²) in [6, 6.07) is 5.37. The second kappa shape index (κ2) is 8.09. The van der Waals surface area contributed by atoms with Gasteiger partial charge in [-0.2, -0.15) is 23.4 Å². The largest absolute Gasteiger partial charge is 0.353 e. The number of nitrogens with zero attached hydrogens (tertiary/aromatic N) is 3. The summed E-state index contributed by atoms with van der Waals surface area (Å²) in [7, 11) is -7.65. The Morgan fingerprint density at radius 1 is 1.08 bits per heavy atom. The summed E-state index contributed by atoms with van der Waals surface area (Å²) in [5, 5.41) is 5.38. The predicted molar refractivity (Wildman–Crippen MR) is 95.7 cm³/mol. The van der Waals surface area contributed by atoms with Crippen LogP contribution in [0.5, 0.6) is 0 Å². The van der Waals surface area contributed by atoms with Crippen molar-refractivity contribution in [3.8, 4) is 0 Å². The number of anilines is 3. The normalized spacial score (nSPS) is 12.0. The van der Waals surface area contributed by atoms with E-state index in [9.17, 15) is 16.8 Å². The maximum Gasteiger partial charge on any atom is 0.294 e. The van der Waals surface area contributed by atoms with E-state index >= 15 is 0 Å². The van der Waals surface area contributed by atoms with E-state index in [-0.39, 0.29) is 35.2 Å². The Labute approximate surface area is 155 Å². The van der Waals surface area contributed by atoms with Gasteiger partial charge in [0.05, 0.1) is 11.2 Å². The van der Waals surface area contributed by atoms with E-state index in [1.54, 1.807) is 0 Å². The number of benzene rings is 1. The quantitative estimate of drug-likeness (QED) is 0.347. The lowest BCUT2D eigenvalue weighted by Gasteiger charge is -2.09. The molecule has 26 heavy (non-hydrogen) atoms. The molecule has 1 aromatic carbocycles. The monoisotopic (exact) mass is 422 g/mol. The van der Waals surface area contributed by atoms with E-state index in [1.165, 1.54) is 24.3 Å². The van der Waals surface area contributed by atoms with Gasteiger partial charge in [0.2, 0.25) is 27.2 Å². The van der Waals surface area contributed by atoms with Crippen molar-refractivity contribution in [2.24, 2.45) is 0 Å². The van der Waals surface area contributed by atoms with Crippen LogP contribution >= 0.6 is 11.6 Å². The molecule has 2 aromatic rings. The molecule has 0 saturated carbocycles. The molecule has 0 unspecified atom stereocenters. The molecule has 0 fully saturated rings. The summed E-state index contributed by atoms with van der Waals surface area (Å²) in [5.74, 6) is 0.116. The van der Waals surface area contributed by atoms with Crippen LogP contribution in [0.4, 0.5) is 17.6 Å². The summed E-state index contributed by atoms with van der Waals surface area (Å²) in [6.07, 6.45) is 1.04. The van der Waals surface area contributed by atoms with Crippen LogP contribution in [-0.2, 0) is 20.1 Å². The lowest BCUT2D eigenvalue weighted by atomic mass is 10.3. The molecule has 0 amide bonds. The zero-order chi connectivity index (χ0) is 19.4. The van der Waals surface area contributed by atoms with Gasteiger partial charge >= 0.3 is 0 Å². The number of hydrogen-bond acceptors (Lipinski definition) is 9. The van der Waals surface area contributed by atoms with Crippen molar-refractivity contribution in [2.75, 3.05) is 30.0 Å². The highest BCUT2D eigenvalue weighted by atomic mass is 35.5. The lowest BCUT2D eigenvalue weighted by molar-refractivity contribution is 0.483. The first-order chi connectivity index (χ1) is 12.0. The molecule has 11 nitrogen and oxygen atoms in total. The van der Waals surface area contributed by atoms with E-state index in [4.69, 9.17) is 16.2 Å². The van der Waals surface area contributed by atoms with Gasteiger partial charge in [-0.1, -0.05) is 6.07 Å². The van der Waals surface area contributed by atoms with Gasteiger partial charge in [-0.15, -0.1) is 0 Å². The van der Waals surface area contributed by atoms with E-state index in [1.807, 2.05) is 0 Å². The maximum absolute atomic E-state index is 11.2. The minimum Gasteiger partial charge on any atom is -0.353 e. The average Bonchev–Trinajstić information content (AvgIpc) is 2.50. The van der Waals surface area contributed by atoms with Gasteiger partial charge in [0.25, 0.3) is 10.1 Å². The number of rotatable bonds is 8. The first-order valence-corrected chi connectivity index (χ1v) is 10.7. The molecular formula is C12H15ClN6O5S2. The molecule has 1 aromatic heterocycles. The van der Waals surface area contributed by atoms with Crippen molar-refractivity contribution in [2.45, 2.75) is 4.90 Å². The number of aromatic nitrogens is 3. The standard InChI is InChI=1S/C12H15ClN6O5S2/c1-25(20,21)15-6-5-14-11-17-10(13)18-12(19-11)16-8-3-2-4-9(7-8)26(22,23)24/h2-4,7,15H,5-6H2,1H3,(H,22,23,24)(H2,14,16,17,18,19). The summed E-state index contributed by atoms with van der Waals surface area (Å²) in [5.41, 5.74) is 0.298. The number of halogens is 1. The van der Waals surface area contributed by atoms with Crippen LogP contribution in [0.25, 0.3) is 0 Å². The van der Waals surface area contributed by atoms with E-state index in [0.717, 1.165) is 6.26 Å². The molecule has 0 aliphatic carbocycles. The van der Waals surface area contributed by atoms with Crippen molar-refractivity contribution < 1.29 is 21.4 Å². The first-order valence-electron chi connectivity index (χ1n) is 6.97. The molecule has 4 N–H and O–H groups in total. The van der Waals surface area contributed by atoms with Crippen molar-refractivity contribution in [3.05, 3.63) is 29.5 Å². The molecule has 0 bridgehead atoms. The minimum atomic E-state index is -4.35. The molecule has 0 aliphatic heterocycles. The summed E-state index contributed by atoms with van der Waals surface area (Å²) < 4.78 is 55.7. The Morgan fingerprint density at radius 3 is 2.42 bits per heavy atom. The Bertz CT molecular complexity index is 999. The van der Waals surface area contributed by atoms with Gasteiger partial charge in [0, 0.05) is 18.8 Å². The number of sulfonamides is 1. The molecular weight excluding hydrogens is 408 g/mol. The highest BCUT2D eigenvalue weighted by Gasteiger charge is 2.11. The SMILES string of the molecule is CS(=O)(=O)NCCNc1nc(Cl)nc(Nc2cccc(S(=O)(=O)O)c2)n1. The number of hydrogen-bond donors (Lipinski definition) is 4. The third-order valence-electron chi connectivity index (χ3n) is 2.77. The fourth-order valence-corrected chi connectivity index (χ4v) is 2.92. The third-order valence-corrected chi connectivity index (χ3v) is 4.52. The van der Waals surface area contributed by atoms with E-state index in [2.05, 4.69) is 30.3 Å². The van der Waals surface area contributed by atoms with Gasteiger partial charge in [-0.25, -0.2) is 13.1 Å². The Hall–Kier alpha value is -2.06. The van der Waals surface area contributed by atoms with Crippen molar-refractivity contribution in [1.82, 2.24) is 19.7 Å². The van der Waals surface area contributed by atoms with Crippen molar-refractivity contribution >= 4 is 49.3 Å².